The molecule has 0 fully saturated rings. The Morgan fingerprint density at radius 2 is 1.85 bits per heavy atom. The number of nitrogens with zero attached hydrogens (tertiary/aromatic N) is 2. The summed E-state index contributed by atoms with van der Waals surface area (Å²) in [4.78, 5) is 27.1. The highest BCUT2D eigenvalue weighted by atomic mass is 16.5. The largest absolute Gasteiger partial charge is 0.449 e. The summed E-state index contributed by atoms with van der Waals surface area (Å²) in [6.07, 6.45) is 2.39. The van der Waals surface area contributed by atoms with Crippen LogP contribution in [0.1, 0.15) is 41.7 Å². The van der Waals surface area contributed by atoms with Crippen molar-refractivity contribution in [2.24, 2.45) is 0 Å². The highest BCUT2D eigenvalue weighted by Crippen LogP contribution is 2.25. The molecule has 0 saturated heterocycles. The fraction of sp³-hybridized carbons (Fsp3) is 0.267. The molecular weight excluding hydrogens is 256 g/mol. The average molecular weight is 272 g/mol. The number of carbonyl (C=O) groups excluding carboxylic acids is 2. The molecule has 0 N–H and O–H groups in total. The van der Waals surface area contributed by atoms with E-state index in [1.54, 1.807) is 6.20 Å². The van der Waals surface area contributed by atoms with Crippen molar-refractivity contribution in [1.82, 2.24) is 9.55 Å². The van der Waals surface area contributed by atoms with E-state index in [0.717, 1.165) is 11.1 Å². The minimum atomic E-state index is -0.688. The number of hydrogen-bond donors (Lipinski definition) is 0. The van der Waals surface area contributed by atoms with Gasteiger partial charge in [-0.1, -0.05) is 29.8 Å². The van der Waals surface area contributed by atoms with Crippen LogP contribution < -0.4 is 0 Å². The summed E-state index contributed by atoms with van der Waals surface area (Å²) >= 11 is 0. The van der Waals surface area contributed by atoms with E-state index in [0.29, 0.717) is 5.82 Å². The summed E-state index contributed by atoms with van der Waals surface area (Å²) < 4.78 is 6.72. The summed E-state index contributed by atoms with van der Waals surface area (Å²) in [7, 11) is 0. The number of hydrogen-bond acceptors (Lipinski definition) is 4. The molecule has 0 saturated carbocycles. The highest BCUT2D eigenvalue weighted by Gasteiger charge is 2.23. The van der Waals surface area contributed by atoms with Gasteiger partial charge in [-0.15, -0.1) is 0 Å². The SMILES string of the molecule is CC(=O)OC(c1ccc(C)cc1)c1nccn1C(C)=O. The van der Waals surface area contributed by atoms with Gasteiger partial charge in [-0.3, -0.25) is 14.2 Å². The van der Waals surface area contributed by atoms with Gasteiger partial charge in [0.2, 0.25) is 5.91 Å². The molecule has 20 heavy (non-hydrogen) atoms. The number of aromatic nitrogens is 2. The van der Waals surface area contributed by atoms with Crippen LogP contribution >= 0.6 is 0 Å². The first-order valence-corrected chi connectivity index (χ1v) is 6.27. The quantitative estimate of drug-likeness (QED) is 0.805. The molecule has 0 aliphatic rings. The lowest BCUT2D eigenvalue weighted by molar-refractivity contribution is -0.145. The lowest BCUT2D eigenvalue weighted by atomic mass is 10.1. The van der Waals surface area contributed by atoms with E-state index in [9.17, 15) is 9.59 Å². The predicted molar refractivity (Wildman–Crippen MR) is 73.3 cm³/mol. The van der Waals surface area contributed by atoms with Crippen molar-refractivity contribution >= 4 is 11.9 Å². The van der Waals surface area contributed by atoms with Crippen molar-refractivity contribution < 1.29 is 14.3 Å². The number of benzene rings is 1. The van der Waals surface area contributed by atoms with E-state index in [2.05, 4.69) is 4.98 Å². The Balaban J connectivity index is 2.46. The molecule has 2 aromatic rings. The molecule has 0 aliphatic carbocycles. The van der Waals surface area contributed by atoms with Gasteiger partial charge in [0.1, 0.15) is 0 Å². The van der Waals surface area contributed by atoms with Gasteiger partial charge in [0, 0.05) is 31.8 Å². The van der Waals surface area contributed by atoms with Gasteiger partial charge in [-0.25, -0.2) is 4.98 Å². The molecular formula is C15H16N2O3. The van der Waals surface area contributed by atoms with E-state index in [4.69, 9.17) is 4.74 Å². The van der Waals surface area contributed by atoms with E-state index in [1.165, 1.54) is 24.6 Å². The lowest BCUT2D eigenvalue weighted by Gasteiger charge is -2.17. The summed E-state index contributed by atoms with van der Waals surface area (Å²) in [5.41, 5.74) is 1.88. The van der Waals surface area contributed by atoms with Gasteiger partial charge in [0.05, 0.1) is 0 Å². The van der Waals surface area contributed by atoms with E-state index >= 15 is 0 Å². The van der Waals surface area contributed by atoms with Crippen LogP contribution in [-0.4, -0.2) is 21.4 Å². The summed E-state index contributed by atoms with van der Waals surface area (Å²) in [5.74, 6) is -0.202. The van der Waals surface area contributed by atoms with Crippen molar-refractivity contribution in [2.75, 3.05) is 0 Å². The molecule has 104 valence electrons. The number of imidazole rings is 1. The number of ether oxygens (including phenoxy) is 1. The molecule has 1 heterocycles. The van der Waals surface area contributed by atoms with Crippen molar-refractivity contribution in [3.05, 3.63) is 53.6 Å². The number of carbonyl (C=O) groups is 2. The second-order valence-corrected chi connectivity index (χ2v) is 4.57. The van der Waals surface area contributed by atoms with Crippen molar-refractivity contribution in [1.29, 1.82) is 0 Å². The number of aryl methyl sites for hydroxylation is 1. The van der Waals surface area contributed by atoms with Gasteiger partial charge in [0.25, 0.3) is 0 Å². The van der Waals surface area contributed by atoms with Crippen molar-refractivity contribution in [2.45, 2.75) is 26.9 Å². The van der Waals surface area contributed by atoms with E-state index in [1.807, 2.05) is 31.2 Å². The van der Waals surface area contributed by atoms with Crippen LogP contribution in [0.2, 0.25) is 0 Å². The van der Waals surface area contributed by atoms with Crippen LogP contribution in [0.3, 0.4) is 0 Å². The molecule has 0 aliphatic heterocycles. The Morgan fingerprint density at radius 3 is 2.40 bits per heavy atom. The first-order valence-electron chi connectivity index (χ1n) is 6.27. The van der Waals surface area contributed by atoms with Crippen LogP contribution in [0.5, 0.6) is 0 Å². The number of rotatable bonds is 3. The van der Waals surface area contributed by atoms with E-state index in [-0.39, 0.29) is 5.91 Å². The van der Waals surface area contributed by atoms with Gasteiger partial charge in [0.15, 0.2) is 11.9 Å². The molecule has 1 aromatic carbocycles. The molecule has 0 radical (unpaired) electrons. The van der Waals surface area contributed by atoms with Gasteiger partial charge >= 0.3 is 5.97 Å². The minimum Gasteiger partial charge on any atom is -0.449 e. The Morgan fingerprint density at radius 1 is 1.20 bits per heavy atom. The van der Waals surface area contributed by atoms with Crippen molar-refractivity contribution in [3.63, 3.8) is 0 Å². The van der Waals surface area contributed by atoms with Gasteiger partial charge < -0.3 is 4.74 Å². The fourth-order valence-corrected chi connectivity index (χ4v) is 1.95. The zero-order chi connectivity index (χ0) is 14.7. The first kappa shape index (κ1) is 14.0. The van der Waals surface area contributed by atoms with Crippen LogP contribution in [-0.2, 0) is 9.53 Å². The molecule has 0 bridgehead atoms. The van der Waals surface area contributed by atoms with Crippen molar-refractivity contribution in [3.8, 4) is 0 Å². The van der Waals surface area contributed by atoms with Crippen LogP contribution in [0, 0.1) is 6.92 Å². The third kappa shape index (κ3) is 2.93. The van der Waals surface area contributed by atoms with Gasteiger partial charge in [-0.05, 0) is 6.92 Å². The maximum atomic E-state index is 11.6. The molecule has 1 aromatic heterocycles. The Bertz CT molecular complexity index is 629. The first-order chi connectivity index (χ1) is 9.49. The molecule has 0 amide bonds. The topological polar surface area (TPSA) is 61.2 Å². The third-order valence-corrected chi connectivity index (χ3v) is 2.91. The molecule has 0 spiro atoms. The Kier molecular flexibility index (Phi) is 3.98. The highest BCUT2D eigenvalue weighted by molar-refractivity contribution is 5.77. The minimum absolute atomic E-state index is 0.179. The monoisotopic (exact) mass is 272 g/mol. The fourth-order valence-electron chi connectivity index (χ4n) is 1.95. The van der Waals surface area contributed by atoms with Crippen LogP contribution in [0.25, 0.3) is 0 Å². The zero-order valence-corrected chi connectivity index (χ0v) is 11.7. The van der Waals surface area contributed by atoms with Crippen LogP contribution in [0.4, 0.5) is 0 Å². The maximum absolute atomic E-state index is 11.6. The third-order valence-electron chi connectivity index (χ3n) is 2.91. The number of esters is 1. The molecule has 5 heteroatoms. The smallest absolute Gasteiger partial charge is 0.303 e. The van der Waals surface area contributed by atoms with Crippen LogP contribution in [0.15, 0.2) is 36.7 Å². The summed E-state index contributed by atoms with van der Waals surface area (Å²) in [6.45, 7) is 4.74. The maximum Gasteiger partial charge on any atom is 0.303 e. The van der Waals surface area contributed by atoms with Gasteiger partial charge in [-0.2, -0.15) is 0 Å². The zero-order valence-electron chi connectivity index (χ0n) is 11.7. The lowest BCUT2D eigenvalue weighted by Crippen LogP contribution is -2.18. The standard InChI is InChI=1S/C15H16N2O3/c1-10-4-6-13(7-5-10)14(20-12(3)19)15-16-8-9-17(15)11(2)18/h4-9,14H,1-3H3. The summed E-state index contributed by atoms with van der Waals surface area (Å²) in [5, 5.41) is 0. The molecule has 5 nitrogen and oxygen atoms in total. The Hall–Kier alpha value is -2.43. The molecule has 2 rings (SSSR count). The Labute approximate surface area is 117 Å². The molecule has 1 unspecified atom stereocenters. The predicted octanol–water partition coefficient (Wildman–Crippen LogP) is 2.50. The molecule has 1 atom stereocenters. The normalized spacial score (nSPS) is 11.9. The van der Waals surface area contributed by atoms with E-state index < -0.39 is 12.1 Å². The second kappa shape index (κ2) is 5.69. The second-order valence-electron chi connectivity index (χ2n) is 4.57. The summed E-state index contributed by atoms with van der Waals surface area (Å²) in [6, 6.07) is 7.57. The average Bonchev–Trinajstić information content (AvgIpc) is 2.86.